The van der Waals surface area contributed by atoms with E-state index in [1.165, 1.54) is 12.1 Å². The second kappa shape index (κ2) is 11.2. The van der Waals surface area contributed by atoms with E-state index in [9.17, 15) is 23.1 Å². The Morgan fingerprint density at radius 3 is 2.32 bits per heavy atom. The highest BCUT2D eigenvalue weighted by atomic mass is 32.2. The Labute approximate surface area is 219 Å². The van der Waals surface area contributed by atoms with Gasteiger partial charge in [-0.05, 0) is 74.1 Å². The molecular formula is C28H38N2O6S. The van der Waals surface area contributed by atoms with Gasteiger partial charge in [-0.3, -0.25) is 9.69 Å². The maximum Gasteiger partial charge on any atom is 0.411 e. The third kappa shape index (κ3) is 6.70. The fourth-order valence-corrected chi connectivity index (χ4v) is 5.49. The lowest BCUT2D eigenvalue weighted by Crippen LogP contribution is -2.37. The van der Waals surface area contributed by atoms with Crippen LogP contribution in [0.1, 0.15) is 87.1 Å². The standard InChI is InChI=1S/C28H38N2O6S/c1-7-37(34,35)22-11-8-19(9-12-22)24(14-15-31)29-26(32)20-10-13-23-21(16-20)17-30(25(23)18(2)3)27(33)36-28(4,5)6/h8-13,16,18,24-25,31H,7,14-15,17H2,1-6H3,(H,29,32)/t24-,25?/m0/s1. The second-order valence-corrected chi connectivity index (χ2v) is 13.0. The average molecular weight is 531 g/mol. The van der Waals surface area contributed by atoms with Crippen molar-refractivity contribution in [1.29, 1.82) is 0 Å². The lowest BCUT2D eigenvalue weighted by atomic mass is 9.94. The van der Waals surface area contributed by atoms with E-state index in [0.29, 0.717) is 17.7 Å². The first kappa shape index (κ1) is 28.7. The molecule has 0 fully saturated rings. The molecule has 2 atom stereocenters. The Morgan fingerprint density at radius 1 is 1.14 bits per heavy atom. The van der Waals surface area contributed by atoms with Crippen molar-refractivity contribution in [2.45, 2.75) is 77.1 Å². The summed E-state index contributed by atoms with van der Waals surface area (Å²) in [5, 5.41) is 12.5. The number of carbonyl (C=O) groups excluding carboxylic acids is 2. The summed E-state index contributed by atoms with van der Waals surface area (Å²) in [5.41, 5.74) is 2.43. The molecule has 2 amide bonds. The highest BCUT2D eigenvalue weighted by Gasteiger charge is 2.38. The Hall–Kier alpha value is -2.91. The number of fused-ring (bicyclic) bond motifs is 1. The van der Waals surface area contributed by atoms with Crippen LogP contribution in [0.5, 0.6) is 0 Å². The van der Waals surface area contributed by atoms with Gasteiger partial charge in [-0.25, -0.2) is 13.2 Å². The van der Waals surface area contributed by atoms with Crippen LogP contribution in [0.2, 0.25) is 0 Å². The van der Waals surface area contributed by atoms with Crippen LogP contribution >= 0.6 is 0 Å². The number of carbonyl (C=O) groups is 2. The van der Waals surface area contributed by atoms with Crippen LogP contribution in [0.15, 0.2) is 47.4 Å². The minimum absolute atomic E-state index is 0.00447. The molecule has 0 saturated carbocycles. The van der Waals surface area contributed by atoms with Gasteiger partial charge in [-0.15, -0.1) is 0 Å². The van der Waals surface area contributed by atoms with Gasteiger partial charge in [0, 0.05) is 12.2 Å². The lowest BCUT2D eigenvalue weighted by molar-refractivity contribution is 0.0127. The molecule has 9 heteroatoms. The molecule has 2 N–H and O–H groups in total. The predicted octanol–water partition coefficient (Wildman–Crippen LogP) is 4.78. The third-order valence-electron chi connectivity index (χ3n) is 6.40. The van der Waals surface area contributed by atoms with Gasteiger partial charge >= 0.3 is 6.09 Å². The predicted molar refractivity (Wildman–Crippen MR) is 142 cm³/mol. The first-order valence-electron chi connectivity index (χ1n) is 12.6. The van der Waals surface area contributed by atoms with Crippen LogP contribution in [0.3, 0.4) is 0 Å². The van der Waals surface area contributed by atoms with Gasteiger partial charge in [-0.1, -0.05) is 39.0 Å². The zero-order valence-electron chi connectivity index (χ0n) is 22.4. The molecule has 8 nitrogen and oxygen atoms in total. The number of sulfone groups is 1. The smallest absolute Gasteiger partial charge is 0.411 e. The van der Waals surface area contributed by atoms with Gasteiger partial charge in [0.15, 0.2) is 9.84 Å². The maximum absolute atomic E-state index is 13.2. The SMILES string of the molecule is CCS(=O)(=O)c1ccc([C@H](CCO)NC(=O)c2ccc3c(c2)CN(C(=O)OC(C)(C)C)C3C(C)C)cc1. The van der Waals surface area contributed by atoms with Gasteiger partial charge < -0.3 is 15.2 Å². The number of aliphatic hydroxyl groups excluding tert-OH is 1. The summed E-state index contributed by atoms with van der Waals surface area (Å²) in [6.07, 6.45) is -0.108. The van der Waals surface area contributed by atoms with Crippen molar-refractivity contribution >= 4 is 21.8 Å². The number of nitrogens with zero attached hydrogens (tertiary/aromatic N) is 1. The van der Waals surface area contributed by atoms with Crippen LogP contribution in [-0.4, -0.2) is 48.4 Å². The molecule has 37 heavy (non-hydrogen) atoms. The molecule has 0 bridgehead atoms. The molecule has 2 aromatic carbocycles. The van der Waals surface area contributed by atoms with Crippen LogP contribution in [-0.2, 0) is 21.1 Å². The van der Waals surface area contributed by atoms with Gasteiger partial charge in [-0.2, -0.15) is 0 Å². The molecule has 2 aromatic rings. The number of amides is 2. The molecule has 1 aliphatic rings. The normalized spacial score (nSPS) is 16.4. The minimum atomic E-state index is -3.33. The van der Waals surface area contributed by atoms with E-state index >= 15 is 0 Å². The largest absolute Gasteiger partial charge is 0.444 e. The highest BCUT2D eigenvalue weighted by Crippen LogP contribution is 2.40. The Morgan fingerprint density at radius 2 is 1.78 bits per heavy atom. The van der Waals surface area contributed by atoms with Crippen molar-refractivity contribution in [2.75, 3.05) is 12.4 Å². The molecule has 0 radical (unpaired) electrons. The highest BCUT2D eigenvalue weighted by molar-refractivity contribution is 7.91. The quantitative estimate of drug-likeness (QED) is 0.508. The number of hydrogen-bond acceptors (Lipinski definition) is 6. The van der Waals surface area contributed by atoms with E-state index in [2.05, 4.69) is 5.32 Å². The summed E-state index contributed by atoms with van der Waals surface area (Å²) in [6.45, 7) is 11.4. The van der Waals surface area contributed by atoms with E-state index in [1.807, 2.05) is 40.7 Å². The van der Waals surface area contributed by atoms with Crippen molar-refractivity contribution in [3.05, 3.63) is 64.7 Å². The van der Waals surface area contributed by atoms with E-state index < -0.39 is 21.5 Å². The molecule has 0 saturated heterocycles. The zero-order chi connectivity index (χ0) is 27.5. The topological polar surface area (TPSA) is 113 Å². The molecule has 0 aliphatic carbocycles. The van der Waals surface area contributed by atoms with Crippen LogP contribution in [0.25, 0.3) is 0 Å². The monoisotopic (exact) mass is 530 g/mol. The van der Waals surface area contributed by atoms with E-state index in [1.54, 1.807) is 36.1 Å². The number of rotatable bonds is 8. The van der Waals surface area contributed by atoms with Gasteiger partial charge in [0.2, 0.25) is 0 Å². The first-order chi connectivity index (χ1) is 17.3. The molecule has 1 unspecified atom stereocenters. The lowest BCUT2D eigenvalue weighted by Gasteiger charge is -2.30. The van der Waals surface area contributed by atoms with Crippen LogP contribution in [0, 0.1) is 5.92 Å². The Kier molecular flexibility index (Phi) is 8.70. The van der Waals surface area contributed by atoms with E-state index in [4.69, 9.17) is 4.74 Å². The molecule has 0 aromatic heterocycles. The molecule has 1 heterocycles. The molecule has 3 rings (SSSR count). The van der Waals surface area contributed by atoms with Crippen LogP contribution < -0.4 is 5.32 Å². The number of ether oxygens (including phenoxy) is 1. The molecule has 202 valence electrons. The van der Waals surface area contributed by atoms with Gasteiger partial charge in [0.1, 0.15) is 5.60 Å². The summed E-state index contributed by atoms with van der Waals surface area (Å²) in [6, 6.07) is 11.2. The zero-order valence-corrected chi connectivity index (χ0v) is 23.3. The van der Waals surface area contributed by atoms with Gasteiger partial charge in [0.05, 0.1) is 29.3 Å². The summed E-state index contributed by atoms with van der Waals surface area (Å²) >= 11 is 0. The minimum Gasteiger partial charge on any atom is -0.444 e. The number of aliphatic hydroxyl groups is 1. The summed E-state index contributed by atoms with van der Waals surface area (Å²) in [5.74, 6) is -0.157. The average Bonchev–Trinajstić information content (AvgIpc) is 3.22. The summed E-state index contributed by atoms with van der Waals surface area (Å²) in [7, 11) is -3.33. The molecule has 1 aliphatic heterocycles. The molecule has 0 spiro atoms. The van der Waals surface area contributed by atoms with E-state index in [-0.39, 0.29) is 47.6 Å². The van der Waals surface area contributed by atoms with Crippen LogP contribution in [0.4, 0.5) is 4.79 Å². The summed E-state index contributed by atoms with van der Waals surface area (Å²) < 4.78 is 29.9. The van der Waals surface area contributed by atoms with Crippen molar-refractivity contribution in [3.63, 3.8) is 0 Å². The van der Waals surface area contributed by atoms with Crippen molar-refractivity contribution < 1.29 is 27.9 Å². The van der Waals surface area contributed by atoms with Gasteiger partial charge in [0.25, 0.3) is 5.91 Å². The summed E-state index contributed by atoms with van der Waals surface area (Å²) in [4.78, 5) is 28.0. The number of nitrogens with one attached hydrogen (secondary N) is 1. The fraction of sp³-hybridized carbons (Fsp3) is 0.500. The first-order valence-corrected chi connectivity index (χ1v) is 14.3. The van der Waals surface area contributed by atoms with Crippen molar-refractivity contribution in [1.82, 2.24) is 10.2 Å². The number of benzene rings is 2. The maximum atomic E-state index is 13.2. The second-order valence-electron chi connectivity index (χ2n) is 10.7. The van der Waals surface area contributed by atoms with Crippen molar-refractivity contribution in [2.24, 2.45) is 5.92 Å². The number of hydrogen-bond donors (Lipinski definition) is 2. The van der Waals surface area contributed by atoms with E-state index in [0.717, 1.165) is 11.1 Å². The third-order valence-corrected chi connectivity index (χ3v) is 8.15. The molecular weight excluding hydrogens is 492 g/mol. The Balaban J connectivity index is 1.82. The fourth-order valence-electron chi connectivity index (χ4n) is 4.61. The Bertz CT molecular complexity index is 1230. The van der Waals surface area contributed by atoms with Crippen molar-refractivity contribution in [3.8, 4) is 0 Å².